The van der Waals surface area contributed by atoms with E-state index >= 15 is 0 Å². The first-order chi connectivity index (χ1) is 14.5. The van der Waals surface area contributed by atoms with E-state index in [2.05, 4.69) is 34.7 Å². The second-order valence-corrected chi connectivity index (χ2v) is 7.21. The van der Waals surface area contributed by atoms with E-state index in [1.165, 1.54) is 0 Å². The minimum absolute atomic E-state index is 0.00109. The van der Waals surface area contributed by atoms with Gasteiger partial charge in [-0.25, -0.2) is 0 Å². The number of carboxylic acid groups (broad SMARTS) is 1. The number of carbonyl (C=O) groups excluding carboxylic acids is 2. The Morgan fingerprint density at radius 3 is 2.67 bits per heavy atom. The topological polar surface area (TPSA) is 135 Å². The fraction of sp³-hybridized carbons (Fsp3) is 0.750. The van der Waals surface area contributed by atoms with Crippen molar-refractivity contribution in [3.63, 3.8) is 0 Å². The molecule has 1 aliphatic rings. The van der Waals surface area contributed by atoms with Crippen molar-refractivity contribution in [2.45, 2.75) is 84.5 Å². The molecule has 3 N–H and O–H groups in total. The van der Waals surface area contributed by atoms with E-state index in [1.54, 1.807) is 6.33 Å². The van der Waals surface area contributed by atoms with Gasteiger partial charge in [0.05, 0.1) is 18.7 Å². The lowest BCUT2D eigenvalue weighted by Gasteiger charge is -2.36. The van der Waals surface area contributed by atoms with Gasteiger partial charge in [0.15, 0.2) is 5.82 Å². The van der Waals surface area contributed by atoms with E-state index < -0.39 is 0 Å². The smallest absolute Gasteiger partial charge is 0.290 e. The molecule has 1 aromatic rings. The summed E-state index contributed by atoms with van der Waals surface area (Å²) in [6, 6.07) is -0.114. The van der Waals surface area contributed by atoms with Crippen LogP contribution in [-0.2, 0) is 32.2 Å². The second kappa shape index (κ2) is 14.5. The van der Waals surface area contributed by atoms with Crippen LogP contribution in [0.25, 0.3) is 0 Å². The van der Waals surface area contributed by atoms with Gasteiger partial charge in [0.2, 0.25) is 11.8 Å². The average molecular weight is 426 g/mol. The summed E-state index contributed by atoms with van der Waals surface area (Å²) in [6.07, 6.45) is 6.18. The normalized spacial score (nSPS) is 20.6. The fourth-order valence-electron chi connectivity index (χ4n) is 3.46. The van der Waals surface area contributed by atoms with E-state index in [4.69, 9.17) is 14.6 Å². The molecule has 1 saturated carbocycles. The van der Waals surface area contributed by atoms with Gasteiger partial charge in [0, 0.05) is 25.5 Å². The Kier molecular flexibility index (Phi) is 12.3. The number of nitrogens with zero attached hydrogens (tertiary/aromatic N) is 3. The lowest BCUT2D eigenvalue weighted by molar-refractivity contribution is -0.130. The van der Waals surface area contributed by atoms with Crippen LogP contribution in [0.2, 0.25) is 0 Å². The van der Waals surface area contributed by atoms with Crippen molar-refractivity contribution < 1.29 is 24.2 Å². The molecule has 10 nitrogen and oxygen atoms in total. The predicted octanol–water partition coefficient (Wildman–Crippen LogP) is 1.50. The Hall–Kier alpha value is -2.49. The SMILES string of the molecule is CCCO[C@@H]1CC[C@H](C(=O)NCc2nncn2CCC)C[C@H]1NC(=O)CC.O=CO. The molecule has 1 aliphatic carbocycles. The first-order valence-electron chi connectivity index (χ1n) is 10.6. The number of aromatic nitrogens is 3. The van der Waals surface area contributed by atoms with E-state index in [9.17, 15) is 9.59 Å². The van der Waals surface area contributed by atoms with Gasteiger partial charge in [0.1, 0.15) is 6.33 Å². The summed E-state index contributed by atoms with van der Waals surface area (Å²) in [5.41, 5.74) is 0. The zero-order chi connectivity index (χ0) is 22.4. The van der Waals surface area contributed by atoms with Gasteiger partial charge in [0.25, 0.3) is 6.47 Å². The Morgan fingerprint density at radius 2 is 2.03 bits per heavy atom. The molecule has 0 aliphatic heterocycles. The molecule has 2 rings (SSSR count). The predicted molar refractivity (Wildman–Crippen MR) is 110 cm³/mol. The van der Waals surface area contributed by atoms with Gasteiger partial charge >= 0.3 is 0 Å². The maximum absolute atomic E-state index is 12.7. The largest absolute Gasteiger partial charge is 0.483 e. The van der Waals surface area contributed by atoms with Crippen LogP contribution >= 0.6 is 0 Å². The van der Waals surface area contributed by atoms with Crippen LogP contribution in [0.15, 0.2) is 6.33 Å². The van der Waals surface area contributed by atoms with Crippen molar-refractivity contribution in [2.24, 2.45) is 5.92 Å². The maximum Gasteiger partial charge on any atom is 0.290 e. The van der Waals surface area contributed by atoms with Crippen molar-refractivity contribution in [1.82, 2.24) is 25.4 Å². The highest BCUT2D eigenvalue weighted by Gasteiger charge is 2.35. The third kappa shape index (κ3) is 8.48. The highest BCUT2D eigenvalue weighted by Crippen LogP contribution is 2.27. The molecule has 3 atom stereocenters. The molecule has 170 valence electrons. The minimum atomic E-state index is -0.250. The number of amides is 2. The number of hydrogen-bond acceptors (Lipinski definition) is 6. The van der Waals surface area contributed by atoms with E-state index in [0.717, 1.165) is 38.1 Å². The summed E-state index contributed by atoms with van der Waals surface area (Å²) in [5.74, 6) is 0.641. The molecule has 10 heteroatoms. The Morgan fingerprint density at radius 1 is 1.30 bits per heavy atom. The van der Waals surface area contributed by atoms with Gasteiger partial charge < -0.3 is 25.0 Å². The summed E-state index contributed by atoms with van der Waals surface area (Å²) < 4.78 is 7.87. The van der Waals surface area contributed by atoms with E-state index in [-0.39, 0.29) is 36.4 Å². The van der Waals surface area contributed by atoms with Gasteiger partial charge in [-0.1, -0.05) is 20.8 Å². The summed E-state index contributed by atoms with van der Waals surface area (Å²) in [7, 11) is 0. The third-order valence-corrected chi connectivity index (χ3v) is 4.94. The molecule has 1 aromatic heterocycles. The number of carbonyl (C=O) groups is 3. The van der Waals surface area contributed by atoms with Crippen molar-refractivity contribution in [3.05, 3.63) is 12.2 Å². The van der Waals surface area contributed by atoms with Crippen LogP contribution in [-0.4, -0.2) is 56.9 Å². The summed E-state index contributed by atoms with van der Waals surface area (Å²) >= 11 is 0. The monoisotopic (exact) mass is 425 g/mol. The van der Waals surface area contributed by atoms with Crippen molar-refractivity contribution in [1.29, 1.82) is 0 Å². The standard InChI is InChI=1S/C19H33N5O3.CH2O2/c1-4-9-24-13-21-23-17(24)12-20-19(26)14-7-8-16(27-10-5-2)15(11-14)22-18(25)6-3;2-1-3/h13-16H,4-12H2,1-3H3,(H,20,26)(H,22,25);1H,(H,2,3)/t14-,15+,16+;/m0./s1. The van der Waals surface area contributed by atoms with Crippen LogP contribution in [0.5, 0.6) is 0 Å². The number of nitrogens with one attached hydrogen (secondary N) is 2. The van der Waals surface area contributed by atoms with Crippen LogP contribution in [0, 0.1) is 5.92 Å². The molecule has 0 saturated heterocycles. The van der Waals surface area contributed by atoms with Crippen molar-refractivity contribution >= 4 is 18.3 Å². The molecule has 0 radical (unpaired) electrons. The van der Waals surface area contributed by atoms with Crippen LogP contribution < -0.4 is 10.6 Å². The van der Waals surface area contributed by atoms with Gasteiger partial charge in [-0.3, -0.25) is 14.4 Å². The van der Waals surface area contributed by atoms with Crippen LogP contribution in [0.3, 0.4) is 0 Å². The molecule has 0 unspecified atom stereocenters. The highest BCUT2D eigenvalue weighted by molar-refractivity contribution is 5.79. The maximum atomic E-state index is 12.7. The van der Waals surface area contributed by atoms with Gasteiger partial charge in [-0.2, -0.15) is 0 Å². The molecule has 1 fully saturated rings. The zero-order valence-electron chi connectivity index (χ0n) is 18.2. The van der Waals surface area contributed by atoms with Crippen LogP contribution in [0.1, 0.15) is 65.1 Å². The minimum Gasteiger partial charge on any atom is -0.483 e. The number of aryl methyl sites for hydroxylation is 1. The van der Waals surface area contributed by atoms with Gasteiger partial charge in [-0.05, 0) is 32.1 Å². The average Bonchev–Trinajstić information content (AvgIpc) is 3.18. The number of hydrogen-bond donors (Lipinski definition) is 3. The fourth-order valence-corrected chi connectivity index (χ4v) is 3.46. The summed E-state index contributed by atoms with van der Waals surface area (Å²) in [4.78, 5) is 32.9. The van der Waals surface area contributed by atoms with Crippen molar-refractivity contribution in [2.75, 3.05) is 6.61 Å². The Labute approximate surface area is 177 Å². The highest BCUT2D eigenvalue weighted by atomic mass is 16.5. The van der Waals surface area contributed by atoms with E-state index in [1.807, 2.05) is 11.5 Å². The van der Waals surface area contributed by atoms with Crippen LogP contribution in [0.4, 0.5) is 0 Å². The van der Waals surface area contributed by atoms with E-state index in [0.29, 0.717) is 26.0 Å². The molecule has 30 heavy (non-hydrogen) atoms. The first kappa shape index (κ1) is 25.5. The quantitative estimate of drug-likeness (QED) is 0.483. The second-order valence-electron chi connectivity index (χ2n) is 7.21. The lowest BCUT2D eigenvalue weighted by atomic mass is 9.83. The van der Waals surface area contributed by atoms with Crippen molar-refractivity contribution in [3.8, 4) is 0 Å². The Balaban J connectivity index is 0.00000141. The number of ether oxygens (including phenoxy) is 1. The summed E-state index contributed by atoms with van der Waals surface area (Å²) in [6.45, 7) is 7.62. The molecule has 1 heterocycles. The molecule has 0 bridgehead atoms. The third-order valence-electron chi connectivity index (χ3n) is 4.94. The van der Waals surface area contributed by atoms with Gasteiger partial charge in [-0.15, -0.1) is 10.2 Å². The zero-order valence-corrected chi connectivity index (χ0v) is 18.2. The first-order valence-corrected chi connectivity index (χ1v) is 10.6. The molecular formula is C20H35N5O5. The lowest BCUT2D eigenvalue weighted by Crippen LogP contribution is -2.50. The Bertz CT molecular complexity index is 651. The molecule has 2 amide bonds. The molecule has 0 spiro atoms. The number of rotatable bonds is 10. The molecule has 0 aromatic carbocycles. The molecular weight excluding hydrogens is 390 g/mol. The summed E-state index contributed by atoms with van der Waals surface area (Å²) in [5, 5.41) is 20.9.